The van der Waals surface area contributed by atoms with Crippen molar-refractivity contribution in [2.75, 3.05) is 13.2 Å². The van der Waals surface area contributed by atoms with Gasteiger partial charge in [0.05, 0.1) is 21.4 Å². The SMILES string of the molecule is CC.CC1(C)OB(c2ccc3nccn3c2)OC1(C)C.Cc1[nH]nc(-c2ccc(F)cc2)c1-c1ccc2nccn2c1.Cc1c(-c2ccc3nccn3c2)c(-c2ccc(F)cc2)nn1COCC[Si](C)(C)C.Cc1c(Br)c(-c2ccc(F)cc2)nn1COCC[Si](C)(C)C. The van der Waals surface area contributed by atoms with Crippen LogP contribution in [0.2, 0.25) is 51.4 Å². The fraction of sp³-hybridized carbons (Fsp3) is 0.324. The summed E-state index contributed by atoms with van der Waals surface area (Å²) in [4.78, 5) is 12.8. The predicted molar refractivity (Wildman–Crippen MR) is 380 cm³/mol. The van der Waals surface area contributed by atoms with Gasteiger partial charge >= 0.3 is 7.12 Å². The number of nitrogens with one attached hydrogen (secondary N) is 1. The molecule has 1 aliphatic rings. The normalized spacial score (nSPS) is 13.5. The average molecular weight is 1370 g/mol. The Labute approximate surface area is 559 Å². The highest BCUT2D eigenvalue weighted by molar-refractivity contribution is 9.10. The van der Waals surface area contributed by atoms with E-state index in [1.165, 1.54) is 36.4 Å². The molecular formula is C71H85BBrF3N12O4Si2. The Hall–Kier alpha value is -8.03. The van der Waals surface area contributed by atoms with Crippen molar-refractivity contribution in [3.05, 3.63) is 204 Å². The van der Waals surface area contributed by atoms with Crippen LogP contribution in [0.15, 0.2) is 169 Å². The van der Waals surface area contributed by atoms with Gasteiger partial charge in [-0.05, 0) is 185 Å². The van der Waals surface area contributed by atoms with Crippen LogP contribution in [0.1, 0.15) is 58.6 Å². The van der Waals surface area contributed by atoms with Gasteiger partial charge in [0.15, 0.2) is 0 Å². The van der Waals surface area contributed by atoms with Gasteiger partial charge in [-0.1, -0.05) is 59.2 Å². The molecule has 0 atom stereocenters. The third-order valence-electron chi connectivity index (χ3n) is 16.4. The Morgan fingerprint density at radius 1 is 0.500 bits per heavy atom. The van der Waals surface area contributed by atoms with Crippen molar-refractivity contribution in [3.63, 3.8) is 0 Å². The van der Waals surface area contributed by atoms with E-state index in [0.29, 0.717) is 13.5 Å². The number of halogens is 4. The smallest absolute Gasteiger partial charge is 0.399 e. The number of aryl methyl sites for hydroxylation is 1. The number of rotatable bonds is 16. The van der Waals surface area contributed by atoms with Crippen LogP contribution in [0.25, 0.3) is 73.0 Å². The van der Waals surface area contributed by atoms with Crippen molar-refractivity contribution in [2.24, 2.45) is 0 Å². The summed E-state index contributed by atoms with van der Waals surface area (Å²) in [7, 11) is -2.53. The molecule has 0 amide bonds. The predicted octanol–water partition coefficient (Wildman–Crippen LogP) is 17.2. The number of aromatic nitrogens is 12. The summed E-state index contributed by atoms with van der Waals surface area (Å²) < 4.78 is 74.0. The molecule has 94 heavy (non-hydrogen) atoms. The number of ether oxygens (including phenoxy) is 2. The molecule has 492 valence electrons. The van der Waals surface area contributed by atoms with Crippen molar-refractivity contribution in [2.45, 2.75) is 138 Å². The molecule has 1 N–H and O–H groups in total. The average Bonchev–Trinajstić information content (AvgIpc) is 1.62. The van der Waals surface area contributed by atoms with Crippen LogP contribution in [0.5, 0.6) is 0 Å². The first-order valence-electron chi connectivity index (χ1n) is 31.6. The minimum atomic E-state index is -1.14. The minimum Gasteiger partial charge on any atom is -0.399 e. The van der Waals surface area contributed by atoms with Crippen LogP contribution in [-0.2, 0) is 32.2 Å². The Kier molecular flexibility index (Phi) is 22.5. The van der Waals surface area contributed by atoms with Gasteiger partial charge in [0, 0.05) is 135 Å². The summed E-state index contributed by atoms with van der Waals surface area (Å²) in [6.07, 6.45) is 17.2. The first-order chi connectivity index (χ1) is 44.7. The highest BCUT2D eigenvalue weighted by Crippen LogP contribution is 2.38. The van der Waals surface area contributed by atoms with Gasteiger partial charge in [-0.25, -0.2) is 37.5 Å². The van der Waals surface area contributed by atoms with Gasteiger partial charge in [0.25, 0.3) is 0 Å². The molecule has 0 saturated carbocycles. The van der Waals surface area contributed by atoms with E-state index in [1.54, 1.807) is 55.0 Å². The largest absolute Gasteiger partial charge is 0.496 e. The minimum absolute atomic E-state index is 0.245. The van der Waals surface area contributed by atoms with Crippen molar-refractivity contribution in [1.29, 1.82) is 0 Å². The Morgan fingerprint density at radius 2 is 0.883 bits per heavy atom. The lowest BCUT2D eigenvalue weighted by atomic mass is 9.80. The van der Waals surface area contributed by atoms with Crippen molar-refractivity contribution < 1.29 is 32.0 Å². The van der Waals surface area contributed by atoms with Gasteiger partial charge in [0.2, 0.25) is 0 Å². The van der Waals surface area contributed by atoms with Gasteiger partial charge in [0.1, 0.15) is 64.9 Å². The molecule has 9 aromatic heterocycles. The van der Waals surface area contributed by atoms with E-state index in [9.17, 15) is 13.2 Å². The van der Waals surface area contributed by atoms with Crippen LogP contribution in [0.4, 0.5) is 13.2 Å². The molecule has 1 saturated heterocycles. The Bertz CT molecular complexity index is 4440. The number of aromatic amines is 1. The number of hydrogen-bond donors (Lipinski definition) is 1. The second-order valence-corrected chi connectivity index (χ2v) is 38.3. The molecule has 0 radical (unpaired) electrons. The third kappa shape index (κ3) is 17.3. The lowest BCUT2D eigenvalue weighted by Gasteiger charge is -2.32. The molecule has 12 aromatic rings. The second kappa shape index (κ2) is 30.1. The number of hydrogen-bond acceptors (Lipinski definition) is 10. The van der Waals surface area contributed by atoms with E-state index in [0.717, 1.165) is 125 Å². The van der Waals surface area contributed by atoms with Crippen molar-refractivity contribution in [1.82, 2.24) is 57.9 Å². The second-order valence-electron chi connectivity index (χ2n) is 26.3. The van der Waals surface area contributed by atoms with E-state index in [4.69, 9.17) is 23.9 Å². The monoisotopic (exact) mass is 1370 g/mol. The zero-order valence-corrected chi connectivity index (χ0v) is 60.1. The maximum atomic E-state index is 13.5. The lowest BCUT2D eigenvalue weighted by Crippen LogP contribution is -2.41. The first-order valence-corrected chi connectivity index (χ1v) is 39.8. The molecule has 1 fully saturated rings. The topological polar surface area (TPSA) is 153 Å². The van der Waals surface area contributed by atoms with Gasteiger partial charge in [-0.15, -0.1) is 0 Å². The van der Waals surface area contributed by atoms with Crippen LogP contribution >= 0.6 is 15.9 Å². The van der Waals surface area contributed by atoms with E-state index < -0.39 is 16.1 Å². The summed E-state index contributed by atoms with van der Waals surface area (Å²) >= 11 is 3.57. The quantitative estimate of drug-likeness (QED) is 0.0731. The van der Waals surface area contributed by atoms with E-state index in [-0.39, 0.29) is 35.8 Å². The Morgan fingerprint density at radius 3 is 1.34 bits per heavy atom. The van der Waals surface area contributed by atoms with Gasteiger partial charge in [-0.2, -0.15) is 15.3 Å². The number of benzene rings is 3. The molecule has 0 unspecified atom stereocenters. The van der Waals surface area contributed by atoms with Crippen LogP contribution < -0.4 is 5.46 Å². The van der Waals surface area contributed by atoms with Crippen LogP contribution in [0, 0.1) is 38.2 Å². The maximum absolute atomic E-state index is 13.5. The van der Waals surface area contributed by atoms with Crippen LogP contribution in [-0.4, -0.2) is 106 Å². The van der Waals surface area contributed by atoms with Crippen molar-refractivity contribution >= 4 is 61.6 Å². The van der Waals surface area contributed by atoms with Crippen LogP contribution in [0.3, 0.4) is 0 Å². The summed E-state index contributed by atoms with van der Waals surface area (Å²) in [5.74, 6) is -0.755. The highest BCUT2D eigenvalue weighted by atomic mass is 79.9. The fourth-order valence-corrected chi connectivity index (χ4v) is 12.1. The lowest BCUT2D eigenvalue weighted by molar-refractivity contribution is 0.00578. The molecule has 13 rings (SSSR count). The molecule has 3 aromatic carbocycles. The number of pyridine rings is 3. The van der Waals surface area contributed by atoms with E-state index in [1.807, 2.05) is 112 Å². The Balaban J connectivity index is 0.000000149. The van der Waals surface area contributed by atoms with Crippen molar-refractivity contribution in [3.8, 4) is 56.0 Å². The maximum Gasteiger partial charge on any atom is 0.496 e. The summed E-state index contributed by atoms with van der Waals surface area (Å²) in [6, 6.07) is 33.5. The highest BCUT2D eigenvalue weighted by Gasteiger charge is 2.51. The molecule has 0 spiro atoms. The third-order valence-corrected chi connectivity index (χ3v) is 20.7. The number of fused-ring (bicyclic) bond motifs is 3. The molecular weight excluding hydrogens is 1290 g/mol. The zero-order valence-electron chi connectivity index (χ0n) is 56.5. The number of imidazole rings is 3. The van der Waals surface area contributed by atoms with Gasteiger partial charge in [-0.3, -0.25) is 5.10 Å². The molecule has 0 bridgehead atoms. The molecule has 10 heterocycles. The molecule has 1 aliphatic heterocycles. The molecule has 23 heteroatoms. The van der Waals surface area contributed by atoms with Gasteiger partial charge < -0.3 is 32.0 Å². The summed E-state index contributed by atoms with van der Waals surface area (Å²) in [6.45, 7) is 34.6. The summed E-state index contributed by atoms with van der Waals surface area (Å²) in [5, 5.41) is 16.8. The molecule has 0 aliphatic carbocycles. The first kappa shape index (κ1) is 70.3. The zero-order chi connectivity index (χ0) is 67.7. The number of nitrogens with zero attached hydrogens (tertiary/aromatic N) is 11. The van der Waals surface area contributed by atoms with E-state index >= 15 is 0 Å². The van der Waals surface area contributed by atoms with E-state index in [2.05, 4.69) is 132 Å². The standard InChI is InChI=1S/C23H27FN4OSi.C17H13FN4.C16H22BrFN2OSi.C13H17BN2O2.C2H6/c1-17-22(19-7-10-21-25-11-12-27(21)15-19)23(18-5-8-20(24)9-6-18)26-28(17)16-29-13-14-30(2,3)4;1-11-16(13-4-7-15-19-8-9-22(15)10-13)17(21-20-11)12-2-5-14(18)6-3-12;1-12-15(17)16(13-5-7-14(18)8-6-13)19-20(12)11-21-9-10-22(2,3)4;1-12(2)13(3,4)18-14(17-12)10-5-6-11-15-7-8-16(11)9-10;1-2/h5-12,15H,13-14,16H2,1-4H3;2-10H,1H3,(H,20,21);5-8H,9-11H2,1-4H3;5-9H,1-4H3;1-2H3. The molecule has 16 nitrogen and oxygen atoms in total. The fourth-order valence-electron chi connectivity index (χ4n) is 10.1. The number of H-pyrrole nitrogens is 1. The summed E-state index contributed by atoms with van der Waals surface area (Å²) in [5.41, 5.74) is 15.3.